The van der Waals surface area contributed by atoms with Gasteiger partial charge in [-0.3, -0.25) is 14.7 Å². The van der Waals surface area contributed by atoms with E-state index in [1.54, 1.807) is 13.1 Å². The van der Waals surface area contributed by atoms with E-state index < -0.39 is 11.6 Å². The van der Waals surface area contributed by atoms with Gasteiger partial charge in [-0.1, -0.05) is 30.3 Å². The molecular weight excluding hydrogens is 539 g/mol. The van der Waals surface area contributed by atoms with Crippen LogP contribution in [0, 0.1) is 17.6 Å². The molecule has 9 heteroatoms. The van der Waals surface area contributed by atoms with Crippen LogP contribution in [-0.4, -0.2) is 36.9 Å². The molecule has 1 aliphatic rings. The van der Waals surface area contributed by atoms with Crippen molar-refractivity contribution < 1.29 is 13.6 Å². The summed E-state index contributed by atoms with van der Waals surface area (Å²) in [5.41, 5.74) is 8.38. The molecule has 2 aromatic rings. The topological polar surface area (TPSA) is 82.8 Å². The molecule has 0 aromatic heterocycles. The van der Waals surface area contributed by atoms with Gasteiger partial charge in [-0.25, -0.2) is 8.78 Å². The van der Waals surface area contributed by atoms with E-state index in [0.29, 0.717) is 24.6 Å². The first-order valence-electron chi connectivity index (χ1n) is 10.9. The van der Waals surface area contributed by atoms with E-state index in [2.05, 4.69) is 32.7 Å². The number of carbonyl (C=O) groups excluding carboxylic acids is 1. The number of primary amides is 1. The molecule has 0 radical (unpaired) electrons. The smallest absolute Gasteiger partial charge is 0.221 e. The van der Waals surface area contributed by atoms with Gasteiger partial charge in [-0.15, -0.1) is 24.0 Å². The van der Waals surface area contributed by atoms with Gasteiger partial charge in [0, 0.05) is 26.7 Å². The number of halogens is 3. The Morgan fingerprint density at radius 2 is 1.97 bits per heavy atom. The van der Waals surface area contributed by atoms with Gasteiger partial charge in [0.05, 0.1) is 12.0 Å². The molecule has 0 aliphatic carbocycles. The lowest BCUT2D eigenvalue weighted by molar-refractivity contribution is -0.123. The molecule has 1 fully saturated rings. The maximum Gasteiger partial charge on any atom is 0.221 e. The van der Waals surface area contributed by atoms with E-state index >= 15 is 0 Å². The van der Waals surface area contributed by atoms with Crippen molar-refractivity contribution in [3.63, 3.8) is 0 Å². The quantitative estimate of drug-likeness (QED) is 0.269. The van der Waals surface area contributed by atoms with Crippen LogP contribution in [0.4, 0.5) is 8.78 Å². The number of guanidine groups is 1. The van der Waals surface area contributed by atoms with Crippen LogP contribution in [0.15, 0.2) is 47.5 Å². The van der Waals surface area contributed by atoms with Crippen LogP contribution >= 0.6 is 24.0 Å². The number of rotatable bonds is 7. The number of benzene rings is 2. The second kappa shape index (κ2) is 12.8. The van der Waals surface area contributed by atoms with Crippen LogP contribution < -0.4 is 16.4 Å². The molecule has 2 atom stereocenters. The minimum absolute atomic E-state index is 0. The molecule has 2 aromatic carbocycles. The van der Waals surface area contributed by atoms with Gasteiger partial charge in [0.15, 0.2) is 17.6 Å². The minimum atomic E-state index is -0.869. The molecule has 0 saturated carbocycles. The molecule has 6 nitrogen and oxygen atoms in total. The zero-order valence-electron chi connectivity index (χ0n) is 19.0. The zero-order chi connectivity index (χ0) is 23.1. The fourth-order valence-corrected chi connectivity index (χ4v) is 3.98. The Kier molecular flexibility index (Phi) is 10.5. The van der Waals surface area contributed by atoms with Crippen LogP contribution in [0.25, 0.3) is 0 Å². The van der Waals surface area contributed by atoms with E-state index in [9.17, 15) is 13.6 Å². The second-order valence-electron chi connectivity index (χ2n) is 8.26. The summed E-state index contributed by atoms with van der Waals surface area (Å²) in [6, 6.07) is 11.9. The summed E-state index contributed by atoms with van der Waals surface area (Å²) in [5.74, 6) is -1.46. The average molecular weight is 571 g/mol. The lowest BCUT2D eigenvalue weighted by Gasteiger charge is -2.31. The number of nitrogens with two attached hydrogens (primary N) is 1. The highest BCUT2D eigenvalue weighted by Crippen LogP contribution is 2.19. The third-order valence-electron chi connectivity index (χ3n) is 5.79. The summed E-state index contributed by atoms with van der Waals surface area (Å²) in [6.45, 7) is 4.86. The van der Waals surface area contributed by atoms with E-state index in [4.69, 9.17) is 5.73 Å². The summed E-state index contributed by atoms with van der Waals surface area (Å²) in [5, 5.41) is 6.45. The van der Waals surface area contributed by atoms with Crippen LogP contribution in [0.5, 0.6) is 0 Å². The number of aliphatic imine (C=N–C) groups is 1. The summed E-state index contributed by atoms with van der Waals surface area (Å²) in [4.78, 5) is 18.0. The van der Waals surface area contributed by atoms with Crippen LogP contribution in [0.2, 0.25) is 0 Å². The first-order valence-corrected chi connectivity index (χ1v) is 10.9. The Morgan fingerprint density at radius 3 is 2.67 bits per heavy atom. The van der Waals surface area contributed by atoms with Crippen molar-refractivity contribution in [3.8, 4) is 0 Å². The van der Waals surface area contributed by atoms with Gasteiger partial charge in [0.25, 0.3) is 0 Å². The third-order valence-corrected chi connectivity index (χ3v) is 5.79. The van der Waals surface area contributed by atoms with Crippen molar-refractivity contribution in [3.05, 3.63) is 70.8 Å². The Bertz CT molecular complexity index is 972. The number of nitrogens with one attached hydrogen (secondary N) is 2. The minimum Gasteiger partial charge on any atom is -0.369 e. The van der Waals surface area contributed by atoms with Crippen molar-refractivity contribution in [2.75, 3.05) is 20.1 Å². The SMILES string of the molecule is CN=C(NCc1cccc(CN2CCCC(C(N)=O)C2)c1)NC(C)c1ccc(F)c(F)c1.I. The number of piperidine rings is 1. The molecule has 1 heterocycles. The fourth-order valence-electron chi connectivity index (χ4n) is 3.98. The molecule has 1 amide bonds. The maximum absolute atomic E-state index is 13.5. The van der Waals surface area contributed by atoms with Gasteiger partial charge in [-0.05, 0) is 55.1 Å². The Labute approximate surface area is 211 Å². The average Bonchev–Trinajstić information content (AvgIpc) is 2.78. The number of carbonyl (C=O) groups is 1. The molecule has 0 spiro atoms. The van der Waals surface area contributed by atoms with Gasteiger partial charge in [0.2, 0.25) is 5.91 Å². The largest absolute Gasteiger partial charge is 0.369 e. The van der Waals surface area contributed by atoms with Gasteiger partial charge < -0.3 is 16.4 Å². The molecule has 1 aliphatic heterocycles. The number of amides is 1. The van der Waals surface area contributed by atoms with Crippen LogP contribution in [-0.2, 0) is 17.9 Å². The highest BCUT2D eigenvalue weighted by molar-refractivity contribution is 14.0. The standard InChI is InChI=1S/C24H31F2N5O.HI/c1-16(19-8-9-21(25)22(26)12-19)30-24(28-2)29-13-17-5-3-6-18(11-17)14-31-10-4-7-20(15-31)23(27)32;/h3,5-6,8-9,11-12,16,20H,4,7,10,13-15H2,1-2H3,(H2,27,32)(H2,28,29,30);1H. The molecule has 0 bridgehead atoms. The van der Waals surface area contributed by atoms with Crippen molar-refractivity contribution in [2.24, 2.45) is 16.6 Å². The lowest BCUT2D eigenvalue weighted by Crippen LogP contribution is -2.40. The molecule has 2 unspecified atom stereocenters. The van der Waals surface area contributed by atoms with E-state index in [1.807, 2.05) is 19.1 Å². The number of hydrogen-bond donors (Lipinski definition) is 3. The zero-order valence-corrected chi connectivity index (χ0v) is 21.3. The van der Waals surface area contributed by atoms with Crippen molar-refractivity contribution >= 4 is 35.8 Å². The van der Waals surface area contributed by atoms with E-state index in [-0.39, 0.29) is 41.8 Å². The van der Waals surface area contributed by atoms with Crippen molar-refractivity contribution in [2.45, 2.75) is 38.9 Å². The Morgan fingerprint density at radius 1 is 1.21 bits per heavy atom. The normalized spacial score (nSPS) is 17.7. The predicted octanol–water partition coefficient (Wildman–Crippen LogP) is 3.71. The third kappa shape index (κ3) is 7.92. The summed E-state index contributed by atoms with van der Waals surface area (Å²) in [6.07, 6.45) is 1.85. The lowest BCUT2D eigenvalue weighted by atomic mass is 9.97. The second-order valence-corrected chi connectivity index (χ2v) is 8.26. The Hall–Kier alpha value is -2.27. The van der Waals surface area contributed by atoms with Crippen LogP contribution in [0.3, 0.4) is 0 Å². The number of hydrogen-bond acceptors (Lipinski definition) is 3. The molecule has 180 valence electrons. The highest BCUT2D eigenvalue weighted by Gasteiger charge is 2.23. The van der Waals surface area contributed by atoms with Gasteiger partial charge in [0.1, 0.15) is 0 Å². The predicted molar refractivity (Wildman–Crippen MR) is 137 cm³/mol. The molecule has 3 rings (SSSR count). The van der Waals surface area contributed by atoms with Gasteiger partial charge in [-0.2, -0.15) is 0 Å². The summed E-state index contributed by atoms with van der Waals surface area (Å²) < 4.78 is 26.7. The molecule has 33 heavy (non-hydrogen) atoms. The van der Waals surface area contributed by atoms with Gasteiger partial charge >= 0.3 is 0 Å². The first kappa shape index (κ1) is 27.0. The summed E-state index contributed by atoms with van der Waals surface area (Å²) >= 11 is 0. The first-order chi connectivity index (χ1) is 15.4. The molecule has 1 saturated heterocycles. The number of likely N-dealkylation sites (tertiary alicyclic amines) is 1. The van der Waals surface area contributed by atoms with Crippen molar-refractivity contribution in [1.82, 2.24) is 15.5 Å². The summed E-state index contributed by atoms with van der Waals surface area (Å²) in [7, 11) is 1.66. The van der Waals surface area contributed by atoms with E-state index in [0.717, 1.165) is 37.6 Å². The maximum atomic E-state index is 13.5. The fraction of sp³-hybridized carbons (Fsp3) is 0.417. The molecule has 4 N–H and O–H groups in total. The number of nitrogens with zero attached hydrogens (tertiary/aromatic N) is 2. The molecular formula is C24H32F2IN5O. The Balaban J connectivity index is 0.00000385. The monoisotopic (exact) mass is 571 g/mol. The van der Waals surface area contributed by atoms with E-state index in [1.165, 1.54) is 11.6 Å². The van der Waals surface area contributed by atoms with Crippen LogP contribution in [0.1, 0.15) is 42.5 Å². The highest BCUT2D eigenvalue weighted by atomic mass is 127. The van der Waals surface area contributed by atoms with Crippen molar-refractivity contribution in [1.29, 1.82) is 0 Å².